The molecule has 1 aliphatic rings. The molecule has 1 aliphatic heterocycles. The summed E-state index contributed by atoms with van der Waals surface area (Å²) < 4.78 is 6.22. The van der Waals surface area contributed by atoms with E-state index in [0.717, 1.165) is 27.4 Å². The molecule has 1 aromatic heterocycles. The quantitative estimate of drug-likeness (QED) is 0.741. The van der Waals surface area contributed by atoms with Gasteiger partial charge in [0.15, 0.2) is 0 Å². The summed E-state index contributed by atoms with van der Waals surface area (Å²) in [6, 6.07) is 4.78. The molecule has 1 amide bonds. The molecule has 2 atom stereocenters. The molecule has 0 spiro atoms. The van der Waals surface area contributed by atoms with E-state index >= 15 is 0 Å². The first-order chi connectivity index (χ1) is 11.0. The largest absolute Gasteiger partial charge is 0.480 e. The van der Waals surface area contributed by atoms with Crippen LogP contribution in [0.4, 0.5) is 0 Å². The van der Waals surface area contributed by atoms with Crippen LogP contribution in [0.3, 0.4) is 0 Å². The maximum atomic E-state index is 12.1. The highest BCUT2D eigenvalue weighted by atomic mass is 79.9. The van der Waals surface area contributed by atoms with Crippen LogP contribution in [0.25, 0.3) is 10.9 Å². The first kappa shape index (κ1) is 16.0. The molecule has 1 saturated heterocycles. The Kier molecular flexibility index (Phi) is 4.68. The molecule has 1 fully saturated rings. The third kappa shape index (κ3) is 3.56. The average molecular weight is 381 g/mol. The number of benzene rings is 1. The maximum absolute atomic E-state index is 12.1. The van der Waals surface area contributed by atoms with Gasteiger partial charge in [0.05, 0.1) is 0 Å². The van der Waals surface area contributed by atoms with Crippen molar-refractivity contribution in [3.8, 4) is 0 Å². The van der Waals surface area contributed by atoms with Crippen molar-refractivity contribution in [3.05, 3.63) is 34.4 Å². The van der Waals surface area contributed by atoms with Gasteiger partial charge in [-0.3, -0.25) is 4.79 Å². The number of fused-ring (bicyclic) bond motifs is 1. The van der Waals surface area contributed by atoms with Crippen LogP contribution in [0.5, 0.6) is 0 Å². The van der Waals surface area contributed by atoms with Gasteiger partial charge in [-0.05, 0) is 36.6 Å². The summed E-state index contributed by atoms with van der Waals surface area (Å²) in [6.07, 6.45) is 2.92. The Balaban J connectivity index is 1.77. The zero-order valence-corrected chi connectivity index (χ0v) is 13.9. The van der Waals surface area contributed by atoms with E-state index in [0.29, 0.717) is 13.0 Å². The highest BCUT2D eigenvalue weighted by molar-refractivity contribution is 9.10. The standard InChI is InChI=1S/C16H17BrN2O4/c17-10-3-4-12-11(7-10)9(8-18-12)6-13(16(21)22)19-15(20)14-2-1-5-23-14/h3-4,7-8,13-14,18H,1-2,5-6H2,(H,19,20)(H,21,22)/t13?,14-/m0/s1. The second-order valence-corrected chi connectivity index (χ2v) is 6.52. The van der Waals surface area contributed by atoms with Crippen molar-refractivity contribution in [2.45, 2.75) is 31.4 Å². The number of H-pyrrole nitrogens is 1. The Hall–Kier alpha value is -1.86. The molecule has 2 aromatic rings. The summed E-state index contributed by atoms with van der Waals surface area (Å²) in [7, 11) is 0. The van der Waals surface area contributed by atoms with Crippen molar-refractivity contribution in [3.63, 3.8) is 0 Å². The number of nitrogens with one attached hydrogen (secondary N) is 2. The minimum atomic E-state index is -1.05. The second kappa shape index (κ2) is 6.72. The lowest BCUT2D eigenvalue weighted by molar-refractivity contribution is -0.143. The van der Waals surface area contributed by atoms with Gasteiger partial charge >= 0.3 is 5.97 Å². The summed E-state index contributed by atoms with van der Waals surface area (Å²) in [5.41, 5.74) is 1.78. The van der Waals surface area contributed by atoms with Crippen LogP contribution in [0.1, 0.15) is 18.4 Å². The molecular weight excluding hydrogens is 364 g/mol. The van der Waals surface area contributed by atoms with E-state index in [1.165, 1.54) is 0 Å². The lowest BCUT2D eigenvalue weighted by atomic mass is 10.0. The van der Waals surface area contributed by atoms with E-state index in [-0.39, 0.29) is 12.3 Å². The summed E-state index contributed by atoms with van der Waals surface area (Å²) in [5, 5.41) is 12.9. The minimum absolute atomic E-state index is 0.213. The molecule has 1 aromatic carbocycles. The zero-order chi connectivity index (χ0) is 16.4. The van der Waals surface area contributed by atoms with Crippen molar-refractivity contribution < 1.29 is 19.4 Å². The van der Waals surface area contributed by atoms with Gasteiger partial charge in [-0.1, -0.05) is 15.9 Å². The summed E-state index contributed by atoms with van der Waals surface area (Å²) in [4.78, 5) is 26.7. The van der Waals surface area contributed by atoms with E-state index in [1.54, 1.807) is 6.20 Å². The predicted octanol–water partition coefficient (Wildman–Crippen LogP) is 2.22. The summed E-state index contributed by atoms with van der Waals surface area (Å²) >= 11 is 3.41. The van der Waals surface area contributed by atoms with E-state index in [9.17, 15) is 14.7 Å². The summed E-state index contributed by atoms with van der Waals surface area (Å²) in [6.45, 7) is 0.548. The third-order valence-electron chi connectivity index (χ3n) is 3.99. The number of amides is 1. The smallest absolute Gasteiger partial charge is 0.326 e. The van der Waals surface area contributed by atoms with Crippen molar-refractivity contribution in [1.82, 2.24) is 10.3 Å². The van der Waals surface area contributed by atoms with Crippen molar-refractivity contribution in [1.29, 1.82) is 0 Å². The number of hydrogen-bond acceptors (Lipinski definition) is 3. The monoisotopic (exact) mass is 380 g/mol. The fraction of sp³-hybridized carbons (Fsp3) is 0.375. The molecule has 0 saturated carbocycles. The van der Waals surface area contributed by atoms with Crippen molar-refractivity contribution in [2.75, 3.05) is 6.61 Å². The van der Waals surface area contributed by atoms with Crippen LogP contribution in [0, 0.1) is 0 Å². The van der Waals surface area contributed by atoms with Crippen LogP contribution in [-0.2, 0) is 20.7 Å². The number of ether oxygens (including phenoxy) is 1. The molecule has 0 aliphatic carbocycles. The molecule has 0 bridgehead atoms. The van der Waals surface area contributed by atoms with Gasteiger partial charge in [-0.15, -0.1) is 0 Å². The molecule has 122 valence electrons. The summed E-state index contributed by atoms with van der Waals surface area (Å²) in [5.74, 6) is -1.41. The fourth-order valence-corrected chi connectivity index (χ4v) is 3.15. The number of hydrogen-bond donors (Lipinski definition) is 3. The normalized spacial score (nSPS) is 18.9. The number of halogens is 1. The maximum Gasteiger partial charge on any atom is 0.326 e. The first-order valence-corrected chi connectivity index (χ1v) is 8.24. The molecule has 1 unspecified atom stereocenters. The molecule has 3 rings (SSSR count). The lowest BCUT2D eigenvalue weighted by Crippen LogP contribution is -2.46. The van der Waals surface area contributed by atoms with Gasteiger partial charge in [0.25, 0.3) is 0 Å². The molecule has 2 heterocycles. The van der Waals surface area contributed by atoms with Crippen LogP contribution in [-0.4, -0.2) is 40.7 Å². The Morgan fingerprint density at radius 3 is 3.00 bits per heavy atom. The Morgan fingerprint density at radius 2 is 2.30 bits per heavy atom. The Labute approximate surface area is 141 Å². The number of carboxylic acid groups (broad SMARTS) is 1. The average Bonchev–Trinajstić information content (AvgIpc) is 3.16. The number of rotatable bonds is 5. The SMILES string of the molecule is O=C(O)C(Cc1c[nH]c2ccc(Br)cc12)NC(=O)[C@@H]1CCCO1. The third-order valence-corrected chi connectivity index (χ3v) is 4.48. The van der Waals surface area contributed by atoms with Crippen LogP contribution < -0.4 is 5.32 Å². The van der Waals surface area contributed by atoms with Gasteiger partial charge in [-0.2, -0.15) is 0 Å². The number of aromatic amines is 1. The number of carbonyl (C=O) groups is 2. The fourth-order valence-electron chi connectivity index (χ4n) is 2.79. The second-order valence-electron chi connectivity index (χ2n) is 5.61. The number of carboxylic acids is 1. The molecular formula is C16H17BrN2O4. The van der Waals surface area contributed by atoms with Gasteiger partial charge < -0.3 is 20.1 Å². The van der Waals surface area contributed by atoms with Crippen LogP contribution in [0.2, 0.25) is 0 Å². The lowest BCUT2D eigenvalue weighted by Gasteiger charge is -2.17. The van der Waals surface area contributed by atoms with E-state index in [1.807, 2.05) is 18.2 Å². The predicted molar refractivity (Wildman–Crippen MR) is 88.2 cm³/mol. The Morgan fingerprint density at radius 1 is 1.48 bits per heavy atom. The van der Waals surface area contributed by atoms with Gasteiger partial charge in [0.2, 0.25) is 5.91 Å². The minimum Gasteiger partial charge on any atom is -0.480 e. The van der Waals surface area contributed by atoms with Gasteiger partial charge in [0.1, 0.15) is 12.1 Å². The van der Waals surface area contributed by atoms with Crippen LogP contribution in [0.15, 0.2) is 28.9 Å². The highest BCUT2D eigenvalue weighted by Crippen LogP contribution is 2.24. The number of aromatic nitrogens is 1. The molecule has 3 N–H and O–H groups in total. The molecule has 0 radical (unpaired) electrons. The number of carbonyl (C=O) groups excluding carboxylic acids is 1. The van der Waals surface area contributed by atoms with Crippen LogP contribution >= 0.6 is 15.9 Å². The first-order valence-electron chi connectivity index (χ1n) is 7.45. The van der Waals surface area contributed by atoms with Gasteiger partial charge in [-0.25, -0.2) is 4.79 Å². The van der Waals surface area contributed by atoms with Crippen molar-refractivity contribution >= 4 is 38.7 Å². The van der Waals surface area contributed by atoms with Crippen molar-refractivity contribution in [2.24, 2.45) is 0 Å². The van der Waals surface area contributed by atoms with E-state index in [2.05, 4.69) is 26.2 Å². The highest BCUT2D eigenvalue weighted by Gasteiger charge is 2.28. The molecule has 6 nitrogen and oxygen atoms in total. The topological polar surface area (TPSA) is 91.4 Å². The van der Waals surface area contributed by atoms with Gasteiger partial charge in [0, 0.05) is 34.6 Å². The Bertz CT molecular complexity index is 737. The molecule has 7 heteroatoms. The zero-order valence-electron chi connectivity index (χ0n) is 12.3. The van der Waals surface area contributed by atoms with E-state index < -0.39 is 18.1 Å². The molecule has 23 heavy (non-hydrogen) atoms. The number of aliphatic carboxylic acids is 1. The van der Waals surface area contributed by atoms with E-state index in [4.69, 9.17) is 4.74 Å².